The predicted octanol–water partition coefficient (Wildman–Crippen LogP) is 1.62. The van der Waals surface area contributed by atoms with Crippen molar-refractivity contribution >= 4 is 11.3 Å². The summed E-state index contributed by atoms with van der Waals surface area (Å²) in [5.74, 6) is 1.21. The van der Waals surface area contributed by atoms with E-state index in [9.17, 15) is 0 Å². The summed E-state index contributed by atoms with van der Waals surface area (Å²) in [5.41, 5.74) is 4.11. The first-order valence-electron chi connectivity index (χ1n) is 5.29. The molecule has 0 atom stereocenters. The minimum atomic E-state index is 0.923. The van der Waals surface area contributed by atoms with E-state index in [0.29, 0.717) is 0 Å². The van der Waals surface area contributed by atoms with Gasteiger partial charge in [-0.05, 0) is 11.4 Å². The third kappa shape index (κ3) is 0.957. The van der Waals surface area contributed by atoms with E-state index in [1.807, 2.05) is 11.3 Å². The number of nitrogens with one attached hydrogen (secondary N) is 1. The van der Waals surface area contributed by atoms with Crippen LogP contribution >= 0.6 is 11.3 Å². The van der Waals surface area contributed by atoms with Gasteiger partial charge in [-0.3, -0.25) is 0 Å². The van der Waals surface area contributed by atoms with E-state index in [-0.39, 0.29) is 0 Å². The molecule has 4 heteroatoms. The zero-order valence-electron chi connectivity index (χ0n) is 8.29. The van der Waals surface area contributed by atoms with Crippen molar-refractivity contribution in [3.05, 3.63) is 27.8 Å². The van der Waals surface area contributed by atoms with Crippen molar-refractivity contribution in [2.24, 2.45) is 0 Å². The molecular formula is C11H11N3S. The lowest BCUT2D eigenvalue weighted by atomic mass is 10.2. The first-order chi connectivity index (χ1) is 7.43. The van der Waals surface area contributed by atoms with Gasteiger partial charge >= 0.3 is 0 Å². The second-order valence-corrected chi connectivity index (χ2v) is 5.09. The summed E-state index contributed by atoms with van der Waals surface area (Å²) < 4.78 is 2.39. The van der Waals surface area contributed by atoms with Gasteiger partial charge in [0.05, 0.1) is 17.9 Å². The highest BCUT2D eigenvalue weighted by Crippen LogP contribution is 2.40. The minimum Gasteiger partial charge on any atom is -0.325 e. The van der Waals surface area contributed by atoms with Crippen LogP contribution in [0.15, 0.2) is 11.4 Å². The fraction of sp³-hybridized carbons (Fsp3) is 0.364. The number of rotatable bonds is 0. The minimum absolute atomic E-state index is 0.923. The van der Waals surface area contributed by atoms with E-state index in [2.05, 4.69) is 21.3 Å². The van der Waals surface area contributed by atoms with E-state index in [0.717, 1.165) is 26.1 Å². The second-order valence-electron chi connectivity index (χ2n) is 4.09. The molecule has 0 radical (unpaired) electrons. The van der Waals surface area contributed by atoms with Gasteiger partial charge in [-0.25, -0.2) is 4.98 Å². The molecule has 0 amide bonds. The highest BCUT2D eigenvalue weighted by Gasteiger charge is 2.28. The Balaban J connectivity index is 2.00. The number of imidazole rings is 1. The third-order valence-electron chi connectivity index (χ3n) is 3.24. The van der Waals surface area contributed by atoms with Gasteiger partial charge in [0.15, 0.2) is 0 Å². The normalized spacial score (nSPS) is 17.3. The molecule has 1 aliphatic carbocycles. The molecule has 15 heavy (non-hydrogen) atoms. The molecule has 76 valence electrons. The molecule has 2 aliphatic rings. The Morgan fingerprint density at radius 2 is 2.47 bits per heavy atom. The molecule has 2 aromatic heterocycles. The molecule has 0 aromatic carbocycles. The molecule has 1 N–H and O–H groups in total. The van der Waals surface area contributed by atoms with Crippen LogP contribution in [0.3, 0.4) is 0 Å². The van der Waals surface area contributed by atoms with Gasteiger partial charge in [-0.15, -0.1) is 11.3 Å². The molecule has 0 fully saturated rings. The van der Waals surface area contributed by atoms with Crippen molar-refractivity contribution in [1.82, 2.24) is 14.9 Å². The van der Waals surface area contributed by atoms with Crippen LogP contribution in [0.4, 0.5) is 0 Å². The van der Waals surface area contributed by atoms with Crippen molar-refractivity contribution in [1.29, 1.82) is 0 Å². The molecular weight excluding hydrogens is 206 g/mol. The predicted molar refractivity (Wildman–Crippen MR) is 60.1 cm³/mol. The van der Waals surface area contributed by atoms with Gasteiger partial charge in [-0.1, -0.05) is 0 Å². The van der Waals surface area contributed by atoms with Crippen LogP contribution in [0.1, 0.15) is 16.4 Å². The molecule has 0 spiro atoms. The number of fused-ring (bicyclic) bond motifs is 5. The summed E-state index contributed by atoms with van der Waals surface area (Å²) in [6.45, 7) is 3.05. The lowest BCUT2D eigenvalue weighted by Crippen LogP contribution is -2.28. The topological polar surface area (TPSA) is 29.9 Å². The number of hydrogen-bond donors (Lipinski definition) is 1. The Morgan fingerprint density at radius 3 is 3.47 bits per heavy atom. The highest BCUT2D eigenvalue weighted by atomic mass is 32.1. The van der Waals surface area contributed by atoms with Crippen molar-refractivity contribution in [2.75, 3.05) is 6.54 Å². The molecule has 3 nitrogen and oxygen atoms in total. The Bertz CT molecular complexity index is 538. The number of aromatic nitrogens is 2. The second kappa shape index (κ2) is 2.71. The quantitative estimate of drug-likeness (QED) is 0.620. The van der Waals surface area contributed by atoms with Crippen LogP contribution in [0.2, 0.25) is 0 Å². The largest absolute Gasteiger partial charge is 0.325 e. The van der Waals surface area contributed by atoms with Crippen molar-refractivity contribution in [3.63, 3.8) is 0 Å². The number of hydrogen-bond acceptors (Lipinski definition) is 3. The van der Waals surface area contributed by atoms with Gasteiger partial charge in [0.2, 0.25) is 0 Å². The zero-order valence-corrected chi connectivity index (χ0v) is 9.10. The number of nitrogens with zero attached hydrogens (tertiary/aromatic N) is 2. The van der Waals surface area contributed by atoms with Crippen LogP contribution in [0, 0.1) is 0 Å². The van der Waals surface area contributed by atoms with E-state index in [1.54, 1.807) is 0 Å². The molecule has 1 aliphatic heterocycles. The average Bonchev–Trinajstić information content (AvgIpc) is 2.85. The van der Waals surface area contributed by atoms with Crippen molar-refractivity contribution in [3.8, 4) is 11.3 Å². The molecule has 0 saturated carbocycles. The first kappa shape index (κ1) is 8.07. The average molecular weight is 217 g/mol. The summed E-state index contributed by atoms with van der Waals surface area (Å²) in [4.78, 5) is 6.21. The smallest absolute Gasteiger partial charge is 0.123 e. The van der Waals surface area contributed by atoms with Crippen LogP contribution in [-0.4, -0.2) is 16.1 Å². The monoisotopic (exact) mass is 217 g/mol. The van der Waals surface area contributed by atoms with Gasteiger partial charge in [0, 0.05) is 30.0 Å². The standard InChI is InChI=1S/C11H11N3S/c1-4-15-9-5-8-11(7(1)9)14-3-2-12-6-10(14)13-8/h1,4,12H,2-3,5-6H2. The fourth-order valence-corrected chi connectivity index (χ4v) is 3.47. The van der Waals surface area contributed by atoms with Crippen LogP contribution in [0.25, 0.3) is 11.3 Å². The Morgan fingerprint density at radius 1 is 1.47 bits per heavy atom. The molecule has 4 rings (SSSR count). The molecule has 0 bridgehead atoms. The van der Waals surface area contributed by atoms with Crippen LogP contribution in [-0.2, 0) is 19.5 Å². The van der Waals surface area contributed by atoms with Gasteiger partial charge in [0.25, 0.3) is 0 Å². The maximum absolute atomic E-state index is 4.73. The SMILES string of the molecule is c1cc2c(s1)Cc1nc3n(c1-2)CCNC3. The summed E-state index contributed by atoms with van der Waals surface area (Å²) in [5, 5.41) is 5.56. The summed E-state index contributed by atoms with van der Waals surface area (Å²) >= 11 is 1.85. The lowest BCUT2D eigenvalue weighted by Gasteiger charge is -2.16. The lowest BCUT2D eigenvalue weighted by molar-refractivity contribution is 0.508. The third-order valence-corrected chi connectivity index (χ3v) is 4.16. The highest BCUT2D eigenvalue weighted by molar-refractivity contribution is 7.10. The van der Waals surface area contributed by atoms with Crippen molar-refractivity contribution in [2.45, 2.75) is 19.5 Å². The summed E-state index contributed by atoms with van der Waals surface area (Å²) in [6, 6.07) is 2.24. The van der Waals surface area contributed by atoms with E-state index < -0.39 is 0 Å². The maximum atomic E-state index is 4.73. The zero-order chi connectivity index (χ0) is 9.83. The van der Waals surface area contributed by atoms with Gasteiger partial charge < -0.3 is 9.88 Å². The molecule has 3 heterocycles. The van der Waals surface area contributed by atoms with Crippen molar-refractivity contribution < 1.29 is 0 Å². The van der Waals surface area contributed by atoms with E-state index >= 15 is 0 Å². The van der Waals surface area contributed by atoms with Crippen LogP contribution in [0.5, 0.6) is 0 Å². The number of thiophene rings is 1. The van der Waals surface area contributed by atoms with E-state index in [4.69, 9.17) is 4.98 Å². The Kier molecular flexibility index (Phi) is 1.46. The molecule has 2 aromatic rings. The summed E-state index contributed by atoms with van der Waals surface area (Å²) in [6.07, 6.45) is 1.04. The van der Waals surface area contributed by atoms with Gasteiger partial charge in [0.1, 0.15) is 5.82 Å². The Labute approximate surface area is 91.8 Å². The molecule has 0 saturated heterocycles. The molecule has 0 unspecified atom stereocenters. The first-order valence-corrected chi connectivity index (χ1v) is 6.17. The summed E-state index contributed by atoms with van der Waals surface area (Å²) in [7, 11) is 0. The Hall–Kier alpha value is -1.13. The fourth-order valence-electron chi connectivity index (χ4n) is 2.59. The van der Waals surface area contributed by atoms with E-state index in [1.165, 1.54) is 27.7 Å². The van der Waals surface area contributed by atoms with Crippen LogP contribution < -0.4 is 5.32 Å². The van der Waals surface area contributed by atoms with Gasteiger partial charge in [-0.2, -0.15) is 0 Å². The maximum Gasteiger partial charge on any atom is 0.123 e.